The molecule has 2 aromatic heterocycles. The maximum Gasteiger partial charge on any atom is 0.404 e. The Morgan fingerprint density at radius 3 is 2.76 bits per heavy atom. The second-order valence-corrected chi connectivity index (χ2v) is 5.31. The third kappa shape index (κ3) is 4.74. The van der Waals surface area contributed by atoms with Crippen molar-refractivity contribution in [1.82, 2.24) is 20.3 Å². The van der Waals surface area contributed by atoms with Gasteiger partial charge < -0.3 is 15.7 Å². The molecule has 0 atom stereocenters. The van der Waals surface area contributed by atoms with Gasteiger partial charge in [-0.25, -0.2) is 14.8 Å². The smallest absolute Gasteiger partial charge is 0.404 e. The molecule has 0 radical (unpaired) electrons. The number of amides is 1. The van der Waals surface area contributed by atoms with Crippen molar-refractivity contribution in [3.63, 3.8) is 0 Å². The summed E-state index contributed by atoms with van der Waals surface area (Å²) in [5.74, 6) is 1.30. The third-order valence-electron chi connectivity index (χ3n) is 3.48. The maximum atomic E-state index is 10.5. The number of pyridine rings is 1. The van der Waals surface area contributed by atoms with Crippen LogP contribution in [0.1, 0.15) is 5.56 Å². The number of rotatable bonds is 6. The Labute approximate surface area is 144 Å². The molecule has 0 unspecified atom stereocenters. The first-order valence-electron chi connectivity index (χ1n) is 7.77. The molecule has 0 spiro atoms. The summed E-state index contributed by atoms with van der Waals surface area (Å²) in [6, 6.07) is 13.6. The number of nitrogens with one attached hydrogen (secondary N) is 2. The molecule has 3 aromatic rings. The Morgan fingerprint density at radius 2 is 1.96 bits per heavy atom. The number of benzene rings is 1. The van der Waals surface area contributed by atoms with Gasteiger partial charge in [-0.05, 0) is 30.2 Å². The fraction of sp³-hybridized carbons (Fsp3) is 0.111. The number of carbonyl (C=O) groups is 1. The van der Waals surface area contributed by atoms with Gasteiger partial charge in [0.05, 0.1) is 11.9 Å². The molecule has 2 heterocycles. The quantitative estimate of drug-likeness (QED) is 0.640. The minimum absolute atomic E-state index is 0.375. The van der Waals surface area contributed by atoms with E-state index in [4.69, 9.17) is 5.11 Å². The van der Waals surface area contributed by atoms with Crippen molar-refractivity contribution >= 4 is 17.7 Å². The van der Waals surface area contributed by atoms with E-state index in [1.54, 1.807) is 18.6 Å². The second-order valence-electron chi connectivity index (χ2n) is 5.31. The van der Waals surface area contributed by atoms with Gasteiger partial charge >= 0.3 is 6.09 Å². The first-order chi connectivity index (χ1) is 12.2. The fourth-order valence-electron chi connectivity index (χ4n) is 2.36. The van der Waals surface area contributed by atoms with E-state index in [-0.39, 0.29) is 0 Å². The molecule has 0 aliphatic carbocycles. The molecule has 1 aromatic carbocycles. The molecule has 0 saturated carbocycles. The van der Waals surface area contributed by atoms with Gasteiger partial charge in [0, 0.05) is 24.5 Å². The molecule has 7 nitrogen and oxygen atoms in total. The minimum Gasteiger partial charge on any atom is -0.465 e. The van der Waals surface area contributed by atoms with Crippen molar-refractivity contribution in [2.75, 3.05) is 11.9 Å². The van der Waals surface area contributed by atoms with Gasteiger partial charge in [-0.1, -0.05) is 24.3 Å². The monoisotopic (exact) mass is 335 g/mol. The molecular weight excluding hydrogens is 318 g/mol. The number of nitrogens with zero attached hydrogens (tertiary/aromatic N) is 3. The predicted molar refractivity (Wildman–Crippen MR) is 94.7 cm³/mol. The molecule has 126 valence electrons. The van der Waals surface area contributed by atoms with E-state index in [0.717, 1.165) is 16.8 Å². The molecule has 3 N–H and O–H groups in total. The van der Waals surface area contributed by atoms with Crippen molar-refractivity contribution in [3.05, 3.63) is 66.6 Å². The van der Waals surface area contributed by atoms with Gasteiger partial charge in [-0.15, -0.1) is 0 Å². The summed E-state index contributed by atoms with van der Waals surface area (Å²) in [5.41, 5.74) is 2.83. The van der Waals surface area contributed by atoms with Crippen LogP contribution >= 0.6 is 0 Å². The SMILES string of the molecule is O=C(O)NCCc1cccc(-c2cccc(Nc3cnccn3)n2)c1. The van der Waals surface area contributed by atoms with E-state index in [1.165, 1.54) is 0 Å². The zero-order valence-corrected chi connectivity index (χ0v) is 13.4. The van der Waals surface area contributed by atoms with Crippen molar-refractivity contribution in [3.8, 4) is 11.3 Å². The Balaban J connectivity index is 1.75. The molecule has 25 heavy (non-hydrogen) atoms. The molecule has 0 aliphatic rings. The Bertz CT molecular complexity index is 855. The maximum absolute atomic E-state index is 10.5. The molecule has 0 saturated heterocycles. The number of hydrogen-bond acceptors (Lipinski definition) is 5. The van der Waals surface area contributed by atoms with Crippen molar-refractivity contribution < 1.29 is 9.90 Å². The van der Waals surface area contributed by atoms with Crippen molar-refractivity contribution in [2.45, 2.75) is 6.42 Å². The van der Waals surface area contributed by atoms with Gasteiger partial charge in [-0.3, -0.25) is 4.98 Å². The molecule has 1 amide bonds. The van der Waals surface area contributed by atoms with E-state index < -0.39 is 6.09 Å². The van der Waals surface area contributed by atoms with Crippen LogP contribution < -0.4 is 10.6 Å². The lowest BCUT2D eigenvalue weighted by Gasteiger charge is -2.08. The summed E-state index contributed by atoms with van der Waals surface area (Å²) < 4.78 is 0. The Kier molecular flexibility index (Phi) is 5.16. The summed E-state index contributed by atoms with van der Waals surface area (Å²) in [7, 11) is 0. The molecule has 0 fully saturated rings. The molecule has 3 rings (SSSR count). The van der Waals surface area contributed by atoms with Crippen LogP contribution in [0.5, 0.6) is 0 Å². The average molecular weight is 335 g/mol. The second kappa shape index (κ2) is 7.87. The topological polar surface area (TPSA) is 100 Å². The Morgan fingerprint density at radius 1 is 1.08 bits per heavy atom. The third-order valence-corrected chi connectivity index (χ3v) is 3.48. The zero-order chi connectivity index (χ0) is 17.5. The van der Waals surface area contributed by atoms with Gasteiger partial charge in [0.15, 0.2) is 0 Å². The molecule has 0 bridgehead atoms. The van der Waals surface area contributed by atoms with E-state index in [9.17, 15) is 4.79 Å². The highest BCUT2D eigenvalue weighted by atomic mass is 16.4. The lowest BCUT2D eigenvalue weighted by atomic mass is 10.1. The standard InChI is InChI=1S/C18H17N5O2/c24-18(25)21-8-7-13-3-1-4-14(11-13)15-5-2-6-16(22-15)23-17-12-19-9-10-20-17/h1-6,9-12,21H,7-8H2,(H,24,25)(H,20,22,23). The molecular formula is C18H17N5O2. The summed E-state index contributed by atoms with van der Waals surface area (Å²) in [6.45, 7) is 0.375. The van der Waals surface area contributed by atoms with Gasteiger partial charge in [0.1, 0.15) is 11.6 Å². The van der Waals surface area contributed by atoms with Gasteiger partial charge in [-0.2, -0.15) is 0 Å². The highest BCUT2D eigenvalue weighted by Gasteiger charge is 2.04. The summed E-state index contributed by atoms with van der Waals surface area (Å²) in [6.07, 6.45) is 4.46. The molecule has 7 heteroatoms. The lowest BCUT2D eigenvalue weighted by Crippen LogP contribution is -2.23. The summed E-state index contributed by atoms with van der Waals surface area (Å²) in [5, 5.41) is 14.1. The van der Waals surface area contributed by atoms with Crippen LogP contribution in [-0.4, -0.2) is 32.7 Å². The van der Waals surface area contributed by atoms with E-state index in [0.29, 0.717) is 24.6 Å². The van der Waals surface area contributed by atoms with Crippen LogP contribution in [0.2, 0.25) is 0 Å². The molecule has 0 aliphatic heterocycles. The Hall–Kier alpha value is -3.48. The summed E-state index contributed by atoms with van der Waals surface area (Å²) in [4.78, 5) is 23.3. The van der Waals surface area contributed by atoms with Gasteiger partial charge in [0.25, 0.3) is 0 Å². The van der Waals surface area contributed by atoms with Crippen LogP contribution in [0, 0.1) is 0 Å². The predicted octanol–water partition coefficient (Wildman–Crippen LogP) is 3.09. The summed E-state index contributed by atoms with van der Waals surface area (Å²) >= 11 is 0. The lowest BCUT2D eigenvalue weighted by molar-refractivity contribution is 0.194. The van der Waals surface area contributed by atoms with Crippen molar-refractivity contribution in [2.24, 2.45) is 0 Å². The minimum atomic E-state index is -1.01. The van der Waals surface area contributed by atoms with Crippen LogP contribution in [0.4, 0.5) is 16.4 Å². The number of hydrogen-bond donors (Lipinski definition) is 3. The van der Waals surface area contributed by atoms with Crippen LogP contribution in [0.3, 0.4) is 0 Å². The average Bonchev–Trinajstić information content (AvgIpc) is 2.63. The highest BCUT2D eigenvalue weighted by Crippen LogP contribution is 2.21. The first kappa shape index (κ1) is 16.4. The first-order valence-corrected chi connectivity index (χ1v) is 7.77. The van der Waals surface area contributed by atoms with E-state index in [1.807, 2.05) is 42.5 Å². The normalized spacial score (nSPS) is 10.2. The van der Waals surface area contributed by atoms with Crippen LogP contribution in [0.25, 0.3) is 11.3 Å². The zero-order valence-electron chi connectivity index (χ0n) is 13.4. The van der Waals surface area contributed by atoms with Crippen molar-refractivity contribution in [1.29, 1.82) is 0 Å². The van der Waals surface area contributed by atoms with Gasteiger partial charge in [0.2, 0.25) is 0 Å². The number of aromatic nitrogens is 3. The largest absolute Gasteiger partial charge is 0.465 e. The van der Waals surface area contributed by atoms with Crippen LogP contribution in [0.15, 0.2) is 61.1 Å². The fourth-order valence-corrected chi connectivity index (χ4v) is 2.36. The highest BCUT2D eigenvalue weighted by molar-refractivity contribution is 5.65. The van der Waals surface area contributed by atoms with Crippen LogP contribution in [-0.2, 0) is 6.42 Å². The number of carboxylic acid groups (broad SMARTS) is 1. The number of anilines is 2. The van der Waals surface area contributed by atoms with E-state index in [2.05, 4.69) is 25.6 Å². The van der Waals surface area contributed by atoms with E-state index >= 15 is 0 Å².